The fourth-order valence-electron chi connectivity index (χ4n) is 2.88. The zero-order valence-electron chi connectivity index (χ0n) is 14.9. The summed E-state index contributed by atoms with van der Waals surface area (Å²) in [7, 11) is 0. The Kier molecular flexibility index (Phi) is 4.84. The minimum Gasteiger partial charge on any atom is -0.452 e. The monoisotopic (exact) mass is 434 g/mol. The molecule has 0 amide bonds. The first-order valence-electron chi connectivity index (χ1n) is 8.63. The van der Waals surface area contributed by atoms with Gasteiger partial charge >= 0.3 is 5.97 Å². The van der Waals surface area contributed by atoms with Gasteiger partial charge in [-0.15, -0.1) is 0 Å². The summed E-state index contributed by atoms with van der Waals surface area (Å²) < 4.78 is 12.3. The van der Waals surface area contributed by atoms with Crippen LogP contribution in [0.2, 0.25) is 0 Å². The van der Waals surface area contributed by atoms with E-state index in [1.54, 1.807) is 48.5 Å². The van der Waals surface area contributed by atoms with Gasteiger partial charge in [0.05, 0.1) is 10.9 Å². The van der Waals surface area contributed by atoms with Crippen molar-refractivity contribution in [1.82, 2.24) is 0 Å². The van der Waals surface area contributed by atoms with Crippen LogP contribution < -0.4 is 10.2 Å². The van der Waals surface area contributed by atoms with Crippen molar-refractivity contribution in [3.63, 3.8) is 0 Å². The molecule has 0 saturated heterocycles. The van der Waals surface area contributed by atoms with Gasteiger partial charge in [0.25, 0.3) is 0 Å². The van der Waals surface area contributed by atoms with E-state index in [0.29, 0.717) is 22.1 Å². The Morgan fingerprint density at radius 1 is 0.964 bits per heavy atom. The highest BCUT2D eigenvalue weighted by Crippen LogP contribution is 2.31. The van der Waals surface area contributed by atoms with Crippen molar-refractivity contribution in [2.75, 3.05) is 0 Å². The second kappa shape index (κ2) is 7.44. The average molecular weight is 435 g/mol. The average Bonchev–Trinajstić information content (AvgIpc) is 2.70. The van der Waals surface area contributed by atoms with Crippen LogP contribution in [0.1, 0.15) is 15.9 Å². The smallest absolute Gasteiger partial charge is 0.343 e. The van der Waals surface area contributed by atoms with Gasteiger partial charge < -0.3 is 9.15 Å². The van der Waals surface area contributed by atoms with Crippen LogP contribution in [0, 0.1) is 6.92 Å². The zero-order valence-corrected chi connectivity index (χ0v) is 16.5. The molecule has 0 fully saturated rings. The molecule has 0 aliphatic carbocycles. The minimum atomic E-state index is -0.628. The number of halogens is 1. The molecule has 0 atom stereocenters. The summed E-state index contributed by atoms with van der Waals surface area (Å²) in [6.07, 6.45) is 0. The van der Waals surface area contributed by atoms with Crippen LogP contribution in [0.25, 0.3) is 22.3 Å². The topological polar surface area (TPSA) is 56.5 Å². The van der Waals surface area contributed by atoms with E-state index in [0.717, 1.165) is 10.0 Å². The lowest BCUT2D eigenvalue weighted by Crippen LogP contribution is -2.16. The van der Waals surface area contributed by atoms with Crippen molar-refractivity contribution in [3.05, 3.63) is 98.6 Å². The maximum absolute atomic E-state index is 13.1. The van der Waals surface area contributed by atoms with Gasteiger partial charge in [0.15, 0.2) is 5.76 Å². The number of esters is 1. The number of para-hydroxylation sites is 1. The number of hydrogen-bond donors (Lipinski definition) is 0. The number of benzene rings is 3. The lowest BCUT2D eigenvalue weighted by molar-refractivity contribution is 0.0731. The molecule has 138 valence electrons. The predicted octanol–water partition coefficient (Wildman–Crippen LogP) is 5.75. The Labute approximate surface area is 169 Å². The van der Waals surface area contributed by atoms with Gasteiger partial charge in [-0.25, -0.2) is 4.79 Å². The van der Waals surface area contributed by atoms with Crippen LogP contribution >= 0.6 is 15.9 Å². The summed E-state index contributed by atoms with van der Waals surface area (Å²) in [5.74, 6) is -0.517. The molecule has 28 heavy (non-hydrogen) atoms. The van der Waals surface area contributed by atoms with E-state index >= 15 is 0 Å². The van der Waals surface area contributed by atoms with E-state index in [1.807, 2.05) is 31.2 Å². The Hall–Kier alpha value is -3.18. The molecule has 5 heteroatoms. The summed E-state index contributed by atoms with van der Waals surface area (Å²) in [6.45, 7) is 1.97. The fourth-order valence-corrected chi connectivity index (χ4v) is 3.28. The Balaban J connectivity index is 1.89. The Morgan fingerprint density at radius 3 is 2.46 bits per heavy atom. The number of carbonyl (C=O) groups is 1. The third kappa shape index (κ3) is 3.49. The van der Waals surface area contributed by atoms with Gasteiger partial charge in [-0.05, 0) is 37.3 Å². The van der Waals surface area contributed by atoms with Gasteiger partial charge in [-0.1, -0.05) is 64.0 Å². The maximum atomic E-state index is 13.1. The normalized spacial score (nSPS) is 10.8. The summed E-state index contributed by atoms with van der Waals surface area (Å²) >= 11 is 3.33. The van der Waals surface area contributed by atoms with E-state index < -0.39 is 5.97 Å². The molecule has 0 aliphatic rings. The van der Waals surface area contributed by atoms with Crippen LogP contribution in [0.4, 0.5) is 0 Å². The van der Waals surface area contributed by atoms with Crippen molar-refractivity contribution < 1.29 is 13.9 Å². The number of carbonyl (C=O) groups excluding carboxylic acids is 1. The number of aryl methyl sites for hydroxylation is 1. The van der Waals surface area contributed by atoms with Crippen LogP contribution in [-0.4, -0.2) is 5.97 Å². The first-order valence-corrected chi connectivity index (χ1v) is 9.43. The fraction of sp³-hybridized carbons (Fsp3) is 0.0435. The summed E-state index contributed by atoms with van der Waals surface area (Å²) in [5.41, 5.74) is 2.10. The molecule has 3 aromatic carbocycles. The van der Waals surface area contributed by atoms with Crippen molar-refractivity contribution in [1.29, 1.82) is 0 Å². The largest absolute Gasteiger partial charge is 0.452 e. The molecule has 0 unspecified atom stereocenters. The van der Waals surface area contributed by atoms with Crippen LogP contribution in [0.15, 0.2) is 86.5 Å². The van der Waals surface area contributed by atoms with Crippen molar-refractivity contribution in [2.45, 2.75) is 6.92 Å². The van der Waals surface area contributed by atoms with Crippen LogP contribution in [0.5, 0.6) is 5.75 Å². The van der Waals surface area contributed by atoms with Crippen molar-refractivity contribution in [2.24, 2.45) is 0 Å². The van der Waals surface area contributed by atoms with Gasteiger partial charge in [0, 0.05) is 10.0 Å². The number of hydrogen-bond acceptors (Lipinski definition) is 4. The number of rotatable bonds is 3. The van der Waals surface area contributed by atoms with E-state index in [-0.39, 0.29) is 16.9 Å². The van der Waals surface area contributed by atoms with E-state index in [2.05, 4.69) is 15.9 Å². The minimum absolute atomic E-state index is 0.118. The van der Waals surface area contributed by atoms with Crippen LogP contribution in [-0.2, 0) is 0 Å². The highest BCUT2D eigenvalue weighted by Gasteiger charge is 2.21. The highest BCUT2D eigenvalue weighted by atomic mass is 79.9. The second-order valence-electron chi connectivity index (χ2n) is 6.35. The molecule has 0 bridgehead atoms. The molecule has 0 aliphatic heterocycles. The van der Waals surface area contributed by atoms with Crippen molar-refractivity contribution >= 4 is 32.9 Å². The highest BCUT2D eigenvalue weighted by molar-refractivity contribution is 9.10. The standard InChI is InChI=1S/C23H15BrO4/c1-14-9-11-15(12-10-14)21-22(20(25)18-7-2-3-8-19(18)27-21)28-23(26)16-5-4-6-17(24)13-16/h2-13H,1H3. The van der Waals surface area contributed by atoms with Gasteiger partial charge in [-0.3, -0.25) is 4.79 Å². The molecule has 4 nitrogen and oxygen atoms in total. The molecule has 0 radical (unpaired) electrons. The number of ether oxygens (including phenoxy) is 1. The summed E-state index contributed by atoms with van der Waals surface area (Å²) in [4.78, 5) is 25.7. The summed E-state index contributed by atoms with van der Waals surface area (Å²) in [6, 6.07) is 21.2. The quantitative estimate of drug-likeness (QED) is 0.385. The van der Waals surface area contributed by atoms with Gasteiger partial charge in [-0.2, -0.15) is 0 Å². The third-order valence-electron chi connectivity index (χ3n) is 4.32. The van der Waals surface area contributed by atoms with E-state index in [4.69, 9.17) is 9.15 Å². The molecule has 4 aromatic rings. The second-order valence-corrected chi connectivity index (χ2v) is 7.27. The Morgan fingerprint density at radius 2 is 1.71 bits per heavy atom. The first kappa shape index (κ1) is 18.2. The molecular weight excluding hydrogens is 420 g/mol. The van der Waals surface area contributed by atoms with Gasteiger partial charge in [0.1, 0.15) is 5.58 Å². The molecule has 1 heterocycles. The number of fused-ring (bicyclic) bond motifs is 1. The molecule has 0 N–H and O–H groups in total. The lowest BCUT2D eigenvalue weighted by Gasteiger charge is -2.11. The van der Waals surface area contributed by atoms with Crippen LogP contribution in [0.3, 0.4) is 0 Å². The lowest BCUT2D eigenvalue weighted by atomic mass is 10.1. The third-order valence-corrected chi connectivity index (χ3v) is 4.82. The maximum Gasteiger partial charge on any atom is 0.343 e. The molecular formula is C23H15BrO4. The van der Waals surface area contributed by atoms with Crippen molar-refractivity contribution in [3.8, 4) is 17.1 Å². The first-order chi connectivity index (χ1) is 13.5. The molecule has 0 saturated carbocycles. The molecule has 0 spiro atoms. The Bertz CT molecular complexity index is 1240. The molecule has 1 aromatic heterocycles. The zero-order chi connectivity index (χ0) is 19.7. The summed E-state index contributed by atoms with van der Waals surface area (Å²) in [5, 5.41) is 0.357. The predicted molar refractivity (Wildman–Crippen MR) is 112 cm³/mol. The molecule has 4 rings (SSSR count). The van der Waals surface area contributed by atoms with E-state index in [9.17, 15) is 9.59 Å². The van der Waals surface area contributed by atoms with Gasteiger partial charge in [0.2, 0.25) is 11.2 Å². The van der Waals surface area contributed by atoms with E-state index in [1.165, 1.54) is 0 Å². The SMILES string of the molecule is Cc1ccc(-c2oc3ccccc3c(=O)c2OC(=O)c2cccc(Br)c2)cc1.